The average Bonchev–Trinajstić information content (AvgIpc) is 3.24. The van der Waals surface area contributed by atoms with Gasteiger partial charge in [-0.15, -0.1) is 0 Å². The predicted molar refractivity (Wildman–Crippen MR) is 93.6 cm³/mol. The van der Waals surface area contributed by atoms with E-state index in [0.717, 1.165) is 38.9 Å². The van der Waals surface area contributed by atoms with Crippen LogP contribution in [-0.2, 0) is 0 Å². The van der Waals surface area contributed by atoms with Crippen LogP contribution in [0.25, 0.3) is 21.7 Å². The van der Waals surface area contributed by atoms with Gasteiger partial charge in [-0.25, -0.2) is 9.98 Å². The monoisotopic (exact) mass is 301 g/mol. The first-order valence-electron chi connectivity index (χ1n) is 7.90. The zero-order chi connectivity index (χ0) is 15.2. The van der Waals surface area contributed by atoms with E-state index in [1.807, 2.05) is 36.8 Å². The van der Waals surface area contributed by atoms with Gasteiger partial charge >= 0.3 is 0 Å². The van der Waals surface area contributed by atoms with E-state index in [4.69, 9.17) is 4.98 Å². The van der Waals surface area contributed by atoms with Crippen molar-refractivity contribution in [2.75, 3.05) is 11.9 Å². The highest BCUT2D eigenvalue weighted by molar-refractivity contribution is 6.18. The topological polar surface area (TPSA) is 62.5 Å². The minimum atomic E-state index is 0.547. The van der Waals surface area contributed by atoms with Gasteiger partial charge in [0, 0.05) is 46.4 Å². The number of nitrogens with one attached hydrogen (secondary N) is 1. The fraction of sp³-hybridized carbons (Fsp3) is 0.222. The Balaban J connectivity index is 1.84. The molecule has 0 radical (unpaired) electrons. The molecule has 0 amide bonds. The van der Waals surface area contributed by atoms with Crippen LogP contribution in [0.4, 0.5) is 5.82 Å². The number of anilines is 1. The average molecular weight is 301 g/mol. The molecule has 2 aromatic heterocycles. The van der Waals surface area contributed by atoms with E-state index in [9.17, 15) is 0 Å². The molecule has 5 nitrogen and oxygen atoms in total. The number of fused-ring (bicyclic) bond motifs is 3. The van der Waals surface area contributed by atoms with E-state index < -0.39 is 0 Å². The van der Waals surface area contributed by atoms with Gasteiger partial charge in [-0.05, 0) is 25.0 Å². The maximum absolute atomic E-state index is 4.93. The molecule has 1 fully saturated rings. The first kappa shape index (κ1) is 12.7. The van der Waals surface area contributed by atoms with Gasteiger partial charge in [-0.3, -0.25) is 9.98 Å². The van der Waals surface area contributed by atoms with Crippen molar-refractivity contribution in [2.45, 2.75) is 18.9 Å². The van der Waals surface area contributed by atoms with Crippen molar-refractivity contribution < 1.29 is 0 Å². The highest BCUT2D eigenvalue weighted by Crippen LogP contribution is 2.33. The van der Waals surface area contributed by atoms with Gasteiger partial charge in [0.15, 0.2) is 5.84 Å². The van der Waals surface area contributed by atoms with Crippen LogP contribution in [0.2, 0.25) is 0 Å². The Kier molecular flexibility index (Phi) is 2.67. The Morgan fingerprint density at radius 1 is 1.04 bits per heavy atom. The molecule has 0 saturated heterocycles. The third-order valence-corrected chi connectivity index (χ3v) is 4.32. The molecule has 23 heavy (non-hydrogen) atoms. The smallest absolute Gasteiger partial charge is 0.156 e. The number of amidine groups is 1. The number of benzene rings is 1. The molecule has 5 heteroatoms. The second-order valence-corrected chi connectivity index (χ2v) is 5.98. The molecule has 0 atom stereocenters. The Hall–Kier alpha value is -2.82. The molecular formula is C18H15N5. The molecule has 5 rings (SSSR count). The first-order valence-corrected chi connectivity index (χ1v) is 7.90. The summed E-state index contributed by atoms with van der Waals surface area (Å²) in [7, 11) is 0. The third kappa shape index (κ3) is 2.08. The zero-order valence-electron chi connectivity index (χ0n) is 12.5. The van der Waals surface area contributed by atoms with Crippen LogP contribution in [0.1, 0.15) is 18.4 Å². The molecule has 3 aromatic rings. The van der Waals surface area contributed by atoms with Gasteiger partial charge in [-0.2, -0.15) is 0 Å². The third-order valence-electron chi connectivity index (χ3n) is 4.32. The second kappa shape index (κ2) is 4.84. The van der Waals surface area contributed by atoms with Crippen LogP contribution in [0.5, 0.6) is 0 Å². The Morgan fingerprint density at radius 3 is 2.83 bits per heavy atom. The minimum absolute atomic E-state index is 0.547. The molecule has 2 aliphatic rings. The van der Waals surface area contributed by atoms with Crippen LogP contribution in [0.3, 0.4) is 0 Å². The lowest BCUT2D eigenvalue weighted by Crippen LogP contribution is -2.06. The van der Waals surface area contributed by atoms with Crippen molar-refractivity contribution in [3.8, 4) is 0 Å². The van der Waals surface area contributed by atoms with Gasteiger partial charge in [0.05, 0.1) is 12.1 Å². The quantitative estimate of drug-likeness (QED) is 0.756. The lowest BCUT2D eigenvalue weighted by Gasteiger charge is -2.12. The number of hydrogen-bond donors (Lipinski definition) is 1. The standard InChI is InChI=1S/C18H15N5/c1-2-12-15-10-19-7-6-13(15)18(22-11-4-5-11)23-16(12)14(3-1)17-20-8-9-21-17/h1-3,6-8,10-11H,4-5,9H2,(H,22,23). The van der Waals surface area contributed by atoms with E-state index in [-0.39, 0.29) is 0 Å². The van der Waals surface area contributed by atoms with Gasteiger partial charge in [0.25, 0.3) is 0 Å². The normalized spacial score (nSPS) is 17.0. The lowest BCUT2D eigenvalue weighted by atomic mass is 10.0. The maximum atomic E-state index is 4.93. The molecule has 1 N–H and O–H groups in total. The number of nitrogens with zero attached hydrogens (tertiary/aromatic N) is 4. The summed E-state index contributed by atoms with van der Waals surface area (Å²) in [5.74, 6) is 1.70. The molecular weight excluding hydrogens is 286 g/mol. The van der Waals surface area contributed by atoms with Crippen LogP contribution in [0, 0.1) is 0 Å². The summed E-state index contributed by atoms with van der Waals surface area (Å²) in [6.45, 7) is 0.647. The van der Waals surface area contributed by atoms with Crippen LogP contribution >= 0.6 is 0 Å². The number of pyridine rings is 2. The predicted octanol–water partition coefficient (Wildman–Crippen LogP) is 3.19. The zero-order valence-corrected chi connectivity index (χ0v) is 12.5. The molecule has 1 aliphatic heterocycles. The molecule has 0 spiro atoms. The van der Waals surface area contributed by atoms with Crippen molar-refractivity contribution in [3.05, 3.63) is 42.2 Å². The van der Waals surface area contributed by atoms with E-state index >= 15 is 0 Å². The van der Waals surface area contributed by atoms with Crippen LogP contribution in [0.15, 0.2) is 46.6 Å². The maximum Gasteiger partial charge on any atom is 0.156 e. The Labute approximate surface area is 133 Å². The van der Waals surface area contributed by atoms with Crippen molar-refractivity contribution in [3.63, 3.8) is 0 Å². The highest BCUT2D eigenvalue weighted by Gasteiger charge is 2.23. The second-order valence-electron chi connectivity index (χ2n) is 5.98. The number of hydrogen-bond acceptors (Lipinski definition) is 5. The minimum Gasteiger partial charge on any atom is -0.367 e. The van der Waals surface area contributed by atoms with Gasteiger partial charge in [0.1, 0.15) is 5.82 Å². The van der Waals surface area contributed by atoms with Crippen molar-refractivity contribution in [2.24, 2.45) is 9.98 Å². The molecule has 1 saturated carbocycles. The van der Waals surface area contributed by atoms with Crippen LogP contribution in [-0.4, -0.2) is 34.6 Å². The molecule has 1 aliphatic carbocycles. The molecule has 0 bridgehead atoms. The Bertz CT molecular complexity index is 985. The largest absolute Gasteiger partial charge is 0.367 e. The summed E-state index contributed by atoms with van der Waals surface area (Å²) in [5.41, 5.74) is 1.93. The summed E-state index contributed by atoms with van der Waals surface area (Å²) in [6, 6.07) is 8.75. The van der Waals surface area contributed by atoms with Crippen molar-refractivity contribution in [1.82, 2.24) is 9.97 Å². The molecule has 0 unspecified atom stereocenters. The van der Waals surface area contributed by atoms with Gasteiger partial charge in [0.2, 0.25) is 0 Å². The molecule has 3 heterocycles. The van der Waals surface area contributed by atoms with E-state index in [1.54, 1.807) is 0 Å². The van der Waals surface area contributed by atoms with Crippen molar-refractivity contribution >= 4 is 39.5 Å². The summed E-state index contributed by atoms with van der Waals surface area (Å²) < 4.78 is 0. The highest BCUT2D eigenvalue weighted by atomic mass is 15.0. The van der Waals surface area contributed by atoms with Crippen LogP contribution < -0.4 is 5.32 Å². The number of aliphatic imine (C=N–C) groups is 2. The fourth-order valence-corrected chi connectivity index (χ4v) is 3.03. The summed E-state index contributed by atoms with van der Waals surface area (Å²) in [6.07, 6.45) is 8.00. The van der Waals surface area contributed by atoms with Crippen molar-refractivity contribution in [1.29, 1.82) is 0 Å². The van der Waals surface area contributed by atoms with Gasteiger partial charge < -0.3 is 5.32 Å². The summed E-state index contributed by atoms with van der Waals surface area (Å²) in [5, 5.41) is 6.88. The fourth-order valence-electron chi connectivity index (χ4n) is 3.03. The first-order chi connectivity index (χ1) is 11.4. The summed E-state index contributed by atoms with van der Waals surface area (Å²) in [4.78, 5) is 18.1. The Morgan fingerprint density at radius 2 is 2.00 bits per heavy atom. The lowest BCUT2D eigenvalue weighted by molar-refractivity contribution is 1.13. The number of aromatic nitrogens is 2. The molecule has 1 aromatic carbocycles. The number of para-hydroxylation sites is 1. The number of rotatable bonds is 3. The molecule has 112 valence electrons. The van der Waals surface area contributed by atoms with E-state index in [0.29, 0.717) is 12.6 Å². The van der Waals surface area contributed by atoms with Gasteiger partial charge in [-0.1, -0.05) is 12.1 Å². The van der Waals surface area contributed by atoms with E-state index in [2.05, 4.69) is 26.4 Å². The van der Waals surface area contributed by atoms with E-state index in [1.165, 1.54) is 12.8 Å². The summed E-state index contributed by atoms with van der Waals surface area (Å²) >= 11 is 0. The SMILES string of the molecule is C1=NC(c2cccc3c2nc(NC2CC2)c2ccncc23)=NC1.